The maximum absolute atomic E-state index is 13.0. The van der Waals surface area contributed by atoms with Crippen LogP contribution in [-0.2, 0) is 0 Å². The Bertz CT molecular complexity index is 586. The van der Waals surface area contributed by atoms with Crippen LogP contribution in [0.2, 0.25) is 5.02 Å². The monoisotopic (exact) mass is 321 g/mol. The van der Waals surface area contributed by atoms with Gasteiger partial charge in [-0.2, -0.15) is 13.2 Å². The zero-order valence-corrected chi connectivity index (χ0v) is 11.3. The van der Waals surface area contributed by atoms with Gasteiger partial charge in [-0.15, -0.1) is 5.10 Å². The molecule has 1 N–H and O–H groups in total. The Labute approximate surface area is 120 Å². The molecule has 0 radical (unpaired) electrons. The van der Waals surface area contributed by atoms with E-state index in [2.05, 4.69) is 9.59 Å². The molecule has 1 amide bonds. The molecule has 20 heavy (non-hydrogen) atoms. The van der Waals surface area contributed by atoms with Crippen molar-refractivity contribution in [2.45, 2.75) is 12.2 Å². The topological polar surface area (TPSA) is 54.9 Å². The Morgan fingerprint density at radius 2 is 1.95 bits per heavy atom. The quantitative estimate of drug-likeness (QED) is 0.944. The molecule has 2 aromatic rings. The summed E-state index contributed by atoms with van der Waals surface area (Å²) in [7, 11) is 0. The minimum atomic E-state index is -4.63. The molecule has 0 aliphatic carbocycles. The van der Waals surface area contributed by atoms with Crippen molar-refractivity contribution < 1.29 is 18.0 Å². The summed E-state index contributed by atoms with van der Waals surface area (Å²) in [5.74, 6) is -0.934. The molecule has 0 fully saturated rings. The summed E-state index contributed by atoms with van der Waals surface area (Å²) in [5, 5.41) is 6.90. The van der Waals surface area contributed by atoms with E-state index in [0.717, 1.165) is 11.5 Å². The summed E-state index contributed by atoms with van der Waals surface area (Å²) in [6, 6.07) is 2.94. The molecular weight excluding hydrogens is 315 g/mol. The SMILES string of the molecule is O=C(N[C@@H](c1ccc(Cl)cc1)C(F)(F)F)c1csnn1. The van der Waals surface area contributed by atoms with E-state index in [-0.39, 0.29) is 11.3 Å². The number of nitrogens with one attached hydrogen (secondary N) is 1. The second kappa shape index (κ2) is 5.76. The van der Waals surface area contributed by atoms with E-state index in [1.165, 1.54) is 29.6 Å². The molecule has 1 heterocycles. The molecule has 0 bridgehead atoms. The van der Waals surface area contributed by atoms with Crippen molar-refractivity contribution in [1.82, 2.24) is 14.9 Å². The van der Waals surface area contributed by atoms with E-state index in [0.29, 0.717) is 5.02 Å². The third-order valence-electron chi connectivity index (χ3n) is 2.40. The molecular formula is C11H7ClF3N3OS. The summed E-state index contributed by atoms with van der Waals surface area (Å²) >= 11 is 6.51. The number of carbonyl (C=O) groups is 1. The number of alkyl halides is 3. The van der Waals surface area contributed by atoms with E-state index in [1.807, 2.05) is 5.32 Å². The number of aromatic nitrogens is 2. The number of nitrogens with zero attached hydrogens (tertiary/aromatic N) is 2. The van der Waals surface area contributed by atoms with Crippen LogP contribution in [-0.4, -0.2) is 21.7 Å². The number of benzene rings is 1. The van der Waals surface area contributed by atoms with Gasteiger partial charge in [-0.1, -0.05) is 28.2 Å². The molecule has 0 unspecified atom stereocenters. The molecule has 4 nitrogen and oxygen atoms in total. The van der Waals surface area contributed by atoms with Gasteiger partial charge in [0.2, 0.25) is 0 Å². The maximum Gasteiger partial charge on any atom is 0.412 e. The molecule has 0 aliphatic rings. The molecule has 0 saturated heterocycles. The normalized spacial score (nSPS) is 13.0. The standard InChI is InChI=1S/C11H7ClF3N3OS/c12-7-3-1-6(2-4-7)9(11(13,14)15)16-10(19)8-5-20-18-17-8/h1-5,9H,(H,16,19)/t9-/m0/s1. The first-order valence-corrected chi connectivity index (χ1v) is 6.49. The van der Waals surface area contributed by atoms with E-state index in [4.69, 9.17) is 11.6 Å². The molecule has 0 aliphatic heterocycles. The molecule has 9 heteroatoms. The average Bonchev–Trinajstić information content (AvgIpc) is 2.89. The van der Waals surface area contributed by atoms with Crippen molar-refractivity contribution in [3.63, 3.8) is 0 Å². The van der Waals surface area contributed by atoms with Crippen LogP contribution in [0.5, 0.6) is 0 Å². The first-order chi connectivity index (χ1) is 9.38. The van der Waals surface area contributed by atoms with Crippen LogP contribution >= 0.6 is 23.1 Å². The molecule has 1 aromatic heterocycles. The Hall–Kier alpha value is -1.67. The lowest BCUT2D eigenvalue weighted by atomic mass is 10.1. The fraction of sp³-hybridized carbons (Fsp3) is 0.182. The first kappa shape index (κ1) is 14.7. The second-order valence-corrected chi connectivity index (χ2v) is 4.84. The third-order valence-corrected chi connectivity index (χ3v) is 3.16. The van der Waals surface area contributed by atoms with Crippen LogP contribution in [0.1, 0.15) is 22.1 Å². The van der Waals surface area contributed by atoms with Gasteiger partial charge in [0.25, 0.3) is 5.91 Å². The lowest BCUT2D eigenvalue weighted by Crippen LogP contribution is -2.38. The Morgan fingerprint density at radius 3 is 2.45 bits per heavy atom. The summed E-state index contributed by atoms with van der Waals surface area (Å²) in [5.41, 5.74) is -0.267. The summed E-state index contributed by atoms with van der Waals surface area (Å²) in [6.07, 6.45) is -4.63. The predicted octanol–water partition coefficient (Wildman–Crippen LogP) is 3.22. The van der Waals surface area contributed by atoms with E-state index in [1.54, 1.807) is 0 Å². The van der Waals surface area contributed by atoms with Crippen molar-refractivity contribution in [3.8, 4) is 0 Å². The number of halogens is 4. The second-order valence-electron chi connectivity index (χ2n) is 3.79. The van der Waals surface area contributed by atoms with E-state index in [9.17, 15) is 18.0 Å². The van der Waals surface area contributed by atoms with Gasteiger partial charge in [-0.05, 0) is 29.2 Å². The lowest BCUT2D eigenvalue weighted by molar-refractivity contribution is -0.155. The average molecular weight is 322 g/mol. The fourth-order valence-corrected chi connectivity index (χ4v) is 2.04. The van der Waals surface area contributed by atoms with Crippen molar-refractivity contribution in [1.29, 1.82) is 0 Å². The Balaban J connectivity index is 2.25. The lowest BCUT2D eigenvalue weighted by Gasteiger charge is -2.21. The van der Waals surface area contributed by atoms with Gasteiger partial charge < -0.3 is 5.32 Å². The van der Waals surface area contributed by atoms with Crippen molar-refractivity contribution >= 4 is 29.0 Å². The van der Waals surface area contributed by atoms with Gasteiger partial charge in [0.15, 0.2) is 11.7 Å². The Kier molecular flexibility index (Phi) is 4.24. The highest BCUT2D eigenvalue weighted by molar-refractivity contribution is 7.03. The molecule has 1 aromatic carbocycles. The maximum atomic E-state index is 13.0. The van der Waals surface area contributed by atoms with Gasteiger partial charge in [-0.25, -0.2) is 0 Å². The molecule has 0 saturated carbocycles. The predicted molar refractivity (Wildman–Crippen MR) is 67.6 cm³/mol. The van der Waals surface area contributed by atoms with Gasteiger partial charge >= 0.3 is 6.18 Å². The number of amides is 1. The molecule has 106 valence electrons. The van der Waals surface area contributed by atoms with Crippen molar-refractivity contribution in [2.24, 2.45) is 0 Å². The highest BCUT2D eigenvalue weighted by Crippen LogP contribution is 2.33. The van der Waals surface area contributed by atoms with Crippen molar-refractivity contribution in [3.05, 3.63) is 45.9 Å². The smallest absolute Gasteiger partial charge is 0.335 e. The van der Waals surface area contributed by atoms with Crippen molar-refractivity contribution in [2.75, 3.05) is 0 Å². The summed E-state index contributed by atoms with van der Waals surface area (Å²) < 4.78 is 42.5. The van der Waals surface area contributed by atoms with E-state index >= 15 is 0 Å². The fourth-order valence-electron chi connectivity index (χ4n) is 1.48. The molecule has 1 atom stereocenters. The summed E-state index contributed by atoms with van der Waals surface area (Å²) in [4.78, 5) is 11.7. The third kappa shape index (κ3) is 3.45. The first-order valence-electron chi connectivity index (χ1n) is 5.28. The summed E-state index contributed by atoms with van der Waals surface area (Å²) in [6.45, 7) is 0. The highest BCUT2D eigenvalue weighted by atomic mass is 35.5. The van der Waals surface area contributed by atoms with E-state index < -0.39 is 18.1 Å². The zero-order valence-electron chi connectivity index (χ0n) is 9.69. The van der Waals surface area contributed by atoms with Crippen LogP contribution in [0.3, 0.4) is 0 Å². The molecule has 2 rings (SSSR count). The van der Waals surface area contributed by atoms with Gasteiger partial charge in [0.1, 0.15) is 0 Å². The highest BCUT2D eigenvalue weighted by Gasteiger charge is 2.42. The molecule has 0 spiro atoms. The van der Waals surface area contributed by atoms with Crippen LogP contribution in [0, 0.1) is 0 Å². The zero-order chi connectivity index (χ0) is 14.8. The van der Waals surface area contributed by atoms with Gasteiger partial charge in [0, 0.05) is 10.4 Å². The van der Waals surface area contributed by atoms with Crippen LogP contribution in [0.4, 0.5) is 13.2 Å². The minimum absolute atomic E-state index is 0.113. The Morgan fingerprint density at radius 1 is 1.30 bits per heavy atom. The van der Waals surface area contributed by atoms with Crippen LogP contribution in [0.15, 0.2) is 29.6 Å². The largest absolute Gasteiger partial charge is 0.412 e. The number of hydrogen-bond donors (Lipinski definition) is 1. The van der Waals surface area contributed by atoms with Gasteiger partial charge in [-0.3, -0.25) is 4.79 Å². The minimum Gasteiger partial charge on any atom is -0.335 e. The number of hydrogen-bond acceptors (Lipinski definition) is 4. The number of rotatable bonds is 3. The van der Waals surface area contributed by atoms with Crippen LogP contribution in [0.25, 0.3) is 0 Å². The number of carbonyl (C=O) groups excluding carboxylic acids is 1. The van der Waals surface area contributed by atoms with Crippen LogP contribution < -0.4 is 5.32 Å². The van der Waals surface area contributed by atoms with Gasteiger partial charge in [0.05, 0.1) is 0 Å².